The van der Waals surface area contributed by atoms with Gasteiger partial charge in [0.2, 0.25) is 6.29 Å². The van der Waals surface area contributed by atoms with Crippen LogP contribution < -0.4 is 5.73 Å². The average molecular weight is 404 g/mol. The topological polar surface area (TPSA) is 89.2 Å². The molecule has 5 atom stereocenters. The van der Waals surface area contributed by atoms with Crippen molar-refractivity contribution in [1.82, 2.24) is 0 Å². The number of hydrogen-bond acceptors (Lipinski definition) is 7. The second kappa shape index (κ2) is 15.2. The lowest BCUT2D eigenvalue weighted by Crippen LogP contribution is -2.60. The Balaban J connectivity index is 2.95. The minimum Gasteiger partial charge on any atom is -0.435 e. The Labute approximate surface area is 170 Å². The number of nitrogens with two attached hydrogens (primary N) is 1. The van der Waals surface area contributed by atoms with Gasteiger partial charge in [0.25, 0.3) is 0 Å². The van der Waals surface area contributed by atoms with Crippen LogP contribution in [0.15, 0.2) is 0 Å². The van der Waals surface area contributed by atoms with Gasteiger partial charge in [-0.15, -0.1) is 0 Å². The molecule has 7 nitrogen and oxygen atoms in total. The molecule has 0 aliphatic carbocycles. The van der Waals surface area contributed by atoms with Crippen LogP contribution in [0.4, 0.5) is 0 Å². The predicted octanol–water partition coefficient (Wildman–Crippen LogP) is 3.04. The quantitative estimate of drug-likeness (QED) is 0.332. The lowest BCUT2D eigenvalue weighted by molar-refractivity contribution is -0.291. The normalized spacial score (nSPS) is 27.7. The van der Waals surface area contributed by atoms with Crippen LogP contribution in [-0.2, 0) is 28.5 Å². The van der Waals surface area contributed by atoms with Gasteiger partial charge in [-0.25, -0.2) is 0 Å². The lowest BCUT2D eigenvalue weighted by atomic mass is 9.90. The molecule has 7 heteroatoms. The van der Waals surface area contributed by atoms with E-state index in [2.05, 4.69) is 20.8 Å². The highest BCUT2D eigenvalue weighted by molar-refractivity contribution is 5.66. The molecule has 1 heterocycles. The van der Waals surface area contributed by atoms with Gasteiger partial charge in [-0.05, 0) is 19.3 Å². The van der Waals surface area contributed by atoms with Gasteiger partial charge in [0.05, 0.1) is 18.6 Å². The van der Waals surface area contributed by atoms with Crippen molar-refractivity contribution in [1.29, 1.82) is 0 Å². The number of rotatable bonds is 15. The maximum atomic E-state index is 11.6. The molecule has 1 aliphatic heterocycles. The van der Waals surface area contributed by atoms with Crippen molar-refractivity contribution in [3.05, 3.63) is 0 Å². The lowest BCUT2D eigenvalue weighted by Gasteiger charge is -2.45. The Hall–Kier alpha value is -0.730. The molecule has 0 saturated carbocycles. The van der Waals surface area contributed by atoms with Crippen LogP contribution in [0.2, 0.25) is 0 Å². The molecule has 0 amide bonds. The van der Waals surface area contributed by atoms with Crippen LogP contribution in [0.1, 0.15) is 66.2 Å². The molecule has 0 spiro atoms. The minimum atomic E-state index is -0.750. The fraction of sp³-hybridized carbons (Fsp3) is 0.952. The fourth-order valence-corrected chi connectivity index (χ4v) is 3.21. The summed E-state index contributed by atoms with van der Waals surface area (Å²) in [5.74, 6) is -0.675. The van der Waals surface area contributed by atoms with Gasteiger partial charge in [0.1, 0.15) is 12.2 Å². The molecule has 0 aromatic heterocycles. The SMILES string of the molecule is CCCCOC[C@H]1OC(OC(C)=O)[C@H](CN)[C@@H](OCCCC)[C@H]1OCCCC. The summed E-state index contributed by atoms with van der Waals surface area (Å²) in [6.45, 7) is 10.3. The van der Waals surface area contributed by atoms with E-state index < -0.39 is 12.3 Å². The summed E-state index contributed by atoms with van der Waals surface area (Å²) in [6, 6.07) is 0. The van der Waals surface area contributed by atoms with E-state index in [9.17, 15) is 4.79 Å². The van der Waals surface area contributed by atoms with Crippen molar-refractivity contribution in [3.8, 4) is 0 Å². The van der Waals surface area contributed by atoms with Crippen molar-refractivity contribution in [2.45, 2.75) is 90.8 Å². The third kappa shape index (κ3) is 8.74. The summed E-state index contributed by atoms with van der Waals surface area (Å²) >= 11 is 0. The van der Waals surface area contributed by atoms with E-state index in [0.717, 1.165) is 38.5 Å². The Morgan fingerprint density at radius 3 is 2.04 bits per heavy atom. The molecule has 1 saturated heterocycles. The first-order chi connectivity index (χ1) is 13.6. The van der Waals surface area contributed by atoms with Gasteiger partial charge in [0, 0.05) is 33.3 Å². The molecule has 1 rings (SSSR count). The van der Waals surface area contributed by atoms with Crippen molar-refractivity contribution in [3.63, 3.8) is 0 Å². The second-order valence-electron chi connectivity index (χ2n) is 7.36. The van der Waals surface area contributed by atoms with Gasteiger partial charge in [0.15, 0.2) is 0 Å². The Morgan fingerprint density at radius 2 is 1.50 bits per heavy atom. The highest BCUT2D eigenvalue weighted by Crippen LogP contribution is 2.31. The zero-order chi connectivity index (χ0) is 20.8. The number of ether oxygens (including phenoxy) is 5. The molecule has 0 radical (unpaired) electrons. The fourth-order valence-electron chi connectivity index (χ4n) is 3.21. The van der Waals surface area contributed by atoms with Gasteiger partial charge >= 0.3 is 5.97 Å². The zero-order valence-corrected chi connectivity index (χ0v) is 18.2. The van der Waals surface area contributed by atoms with Gasteiger partial charge < -0.3 is 29.4 Å². The first-order valence-corrected chi connectivity index (χ1v) is 10.9. The molecule has 0 bridgehead atoms. The van der Waals surface area contributed by atoms with E-state index in [4.69, 9.17) is 29.4 Å². The van der Waals surface area contributed by atoms with E-state index in [1.54, 1.807) is 0 Å². The zero-order valence-electron chi connectivity index (χ0n) is 18.2. The van der Waals surface area contributed by atoms with Gasteiger partial charge in [-0.2, -0.15) is 0 Å². The van der Waals surface area contributed by atoms with E-state index in [1.165, 1.54) is 6.92 Å². The summed E-state index contributed by atoms with van der Waals surface area (Å²) in [5, 5.41) is 0. The molecule has 28 heavy (non-hydrogen) atoms. The third-order valence-corrected chi connectivity index (χ3v) is 4.87. The van der Waals surface area contributed by atoms with E-state index in [1.807, 2.05) is 0 Å². The van der Waals surface area contributed by atoms with Crippen molar-refractivity contribution < 1.29 is 28.5 Å². The summed E-state index contributed by atoms with van der Waals surface area (Å²) in [4.78, 5) is 11.6. The maximum Gasteiger partial charge on any atom is 0.304 e. The monoisotopic (exact) mass is 403 g/mol. The Kier molecular flexibility index (Phi) is 13.7. The van der Waals surface area contributed by atoms with Crippen LogP contribution in [-0.4, -0.2) is 63.5 Å². The number of carbonyl (C=O) groups excluding carboxylic acids is 1. The number of carbonyl (C=O) groups is 1. The van der Waals surface area contributed by atoms with Crippen LogP contribution in [0.3, 0.4) is 0 Å². The standard InChI is InChI=1S/C21H41NO6/c1-5-8-11-24-15-18-20(26-13-10-7-3)19(25-12-9-6-2)17(14-22)21(28-18)27-16(4)23/h17-21H,5-15,22H2,1-4H3/t17-,18-,19-,20+,21?/m1/s1. The van der Waals surface area contributed by atoms with E-state index in [0.29, 0.717) is 26.4 Å². The van der Waals surface area contributed by atoms with Gasteiger partial charge in [-0.3, -0.25) is 4.79 Å². The maximum absolute atomic E-state index is 11.6. The van der Waals surface area contributed by atoms with E-state index in [-0.39, 0.29) is 30.8 Å². The van der Waals surface area contributed by atoms with E-state index >= 15 is 0 Å². The summed E-state index contributed by atoms with van der Waals surface area (Å²) in [6.07, 6.45) is 4.33. The molecule has 0 aromatic carbocycles. The highest BCUT2D eigenvalue weighted by Gasteiger charge is 2.48. The second-order valence-corrected chi connectivity index (χ2v) is 7.36. The van der Waals surface area contributed by atoms with Crippen molar-refractivity contribution >= 4 is 5.97 Å². The minimum absolute atomic E-state index is 0.278. The molecular weight excluding hydrogens is 362 g/mol. The summed E-state index contributed by atoms with van der Waals surface area (Å²) in [5.41, 5.74) is 6.03. The van der Waals surface area contributed by atoms with Crippen molar-refractivity contribution in [2.24, 2.45) is 11.7 Å². The molecule has 166 valence electrons. The molecule has 1 fully saturated rings. The first-order valence-electron chi connectivity index (χ1n) is 10.9. The van der Waals surface area contributed by atoms with Gasteiger partial charge in [-0.1, -0.05) is 40.0 Å². The smallest absolute Gasteiger partial charge is 0.304 e. The molecule has 1 unspecified atom stereocenters. The summed E-state index contributed by atoms with van der Waals surface area (Å²) < 4.78 is 29.8. The predicted molar refractivity (Wildman–Crippen MR) is 108 cm³/mol. The molecule has 0 aromatic rings. The molecular formula is C21H41NO6. The number of unbranched alkanes of at least 4 members (excludes halogenated alkanes) is 3. The molecule has 2 N–H and O–H groups in total. The Bertz CT molecular complexity index is 408. The van der Waals surface area contributed by atoms with Crippen molar-refractivity contribution in [2.75, 3.05) is 33.0 Å². The van der Waals surface area contributed by atoms with Crippen LogP contribution >= 0.6 is 0 Å². The number of hydrogen-bond donors (Lipinski definition) is 1. The Morgan fingerprint density at radius 1 is 0.929 bits per heavy atom. The largest absolute Gasteiger partial charge is 0.435 e. The first kappa shape index (κ1) is 25.3. The molecule has 1 aliphatic rings. The highest BCUT2D eigenvalue weighted by atomic mass is 16.7. The third-order valence-electron chi connectivity index (χ3n) is 4.87. The van der Waals surface area contributed by atoms with Crippen LogP contribution in [0.25, 0.3) is 0 Å². The number of esters is 1. The van der Waals surface area contributed by atoms with Crippen LogP contribution in [0, 0.1) is 5.92 Å². The average Bonchev–Trinajstić information content (AvgIpc) is 2.66. The summed E-state index contributed by atoms with van der Waals surface area (Å²) in [7, 11) is 0. The van der Waals surface area contributed by atoms with Crippen LogP contribution in [0.5, 0.6) is 0 Å².